The normalized spacial score (nSPS) is 20.2. The van der Waals surface area contributed by atoms with Crippen LogP contribution in [0.2, 0.25) is 0 Å². The van der Waals surface area contributed by atoms with Gasteiger partial charge in [-0.2, -0.15) is 16.3 Å². The number of fused-ring (bicyclic) bond motifs is 1. The summed E-state index contributed by atoms with van der Waals surface area (Å²) < 4.78 is 1.41. The number of thioether (sulfide) groups is 1. The van der Waals surface area contributed by atoms with Crippen LogP contribution in [0.1, 0.15) is 26.2 Å². The predicted molar refractivity (Wildman–Crippen MR) is 85.1 cm³/mol. The molecule has 0 N–H and O–H groups in total. The van der Waals surface area contributed by atoms with Crippen LogP contribution in [0.15, 0.2) is 17.1 Å². The zero-order chi connectivity index (χ0) is 13.9. The first-order valence-electron chi connectivity index (χ1n) is 6.99. The van der Waals surface area contributed by atoms with Crippen molar-refractivity contribution in [3.8, 4) is 0 Å². The first-order valence-corrected chi connectivity index (χ1v) is 8.86. The molecule has 1 aliphatic rings. The van der Waals surface area contributed by atoms with Crippen molar-refractivity contribution >= 4 is 33.2 Å². The molecule has 1 saturated heterocycles. The minimum Gasteiger partial charge on any atom is -0.346 e. The molecule has 0 amide bonds. The Morgan fingerprint density at radius 1 is 1.50 bits per heavy atom. The fraction of sp³-hybridized carbons (Fsp3) is 0.615. The summed E-state index contributed by atoms with van der Waals surface area (Å²) in [6.45, 7) is 4.25. The van der Waals surface area contributed by atoms with Crippen molar-refractivity contribution in [2.75, 3.05) is 23.7 Å². The molecule has 1 aliphatic heterocycles. The molecule has 1 unspecified atom stereocenters. The highest BCUT2D eigenvalue weighted by Gasteiger charge is 2.21. The second kappa shape index (κ2) is 6.13. The Hall–Kier alpha value is -1.08. The highest BCUT2D eigenvalue weighted by molar-refractivity contribution is 7.99. The molecular weight excluding hydrogens is 292 g/mol. The first kappa shape index (κ1) is 13.9. The molecule has 3 heterocycles. The van der Waals surface area contributed by atoms with Gasteiger partial charge < -0.3 is 4.90 Å². The molecule has 108 valence electrons. The molecule has 7 heteroatoms. The van der Waals surface area contributed by atoms with E-state index in [4.69, 9.17) is 0 Å². The van der Waals surface area contributed by atoms with Gasteiger partial charge in [0.1, 0.15) is 0 Å². The van der Waals surface area contributed by atoms with E-state index in [1.807, 2.05) is 11.8 Å². The van der Waals surface area contributed by atoms with Crippen LogP contribution in [-0.2, 0) is 0 Å². The van der Waals surface area contributed by atoms with Gasteiger partial charge in [-0.3, -0.25) is 4.79 Å². The summed E-state index contributed by atoms with van der Waals surface area (Å²) in [5.74, 6) is 1.15. The molecule has 2 aromatic rings. The van der Waals surface area contributed by atoms with Gasteiger partial charge in [-0.15, -0.1) is 5.10 Å². The van der Waals surface area contributed by atoms with E-state index in [2.05, 4.69) is 21.9 Å². The van der Waals surface area contributed by atoms with Gasteiger partial charge in [0, 0.05) is 30.6 Å². The van der Waals surface area contributed by atoms with E-state index in [0.29, 0.717) is 10.2 Å². The van der Waals surface area contributed by atoms with Gasteiger partial charge in [0.2, 0.25) is 10.1 Å². The monoisotopic (exact) mass is 310 g/mol. The Labute approximate surface area is 126 Å². The third kappa shape index (κ3) is 2.83. The fourth-order valence-electron chi connectivity index (χ4n) is 2.51. The van der Waals surface area contributed by atoms with Crippen molar-refractivity contribution in [1.82, 2.24) is 14.6 Å². The van der Waals surface area contributed by atoms with E-state index in [0.717, 1.165) is 24.0 Å². The van der Waals surface area contributed by atoms with E-state index >= 15 is 0 Å². The second-order valence-corrected chi connectivity index (χ2v) is 7.39. The molecule has 20 heavy (non-hydrogen) atoms. The summed E-state index contributed by atoms with van der Waals surface area (Å²) in [7, 11) is 0. The van der Waals surface area contributed by atoms with Crippen molar-refractivity contribution < 1.29 is 0 Å². The van der Waals surface area contributed by atoms with Gasteiger partial charge in [0.15, 0.2) is 0 Å². The topological polar surface area (TPSA) is 50.5 Å². The van der Waals surface area contributed by atoms with Crippen LogP contribution < -0.4 is 10.5 Å². The summed E-state index contributed by atoms with van der Waals surface area (Å²) >= 11 is 3.53. The lowest BCUT2D eigenvalue weighted by Crippen LogP contribution is -2.29. The van der Waals surface area contributed by atoms with Crippen molar-refractivity contribution in [3.63, 3.8) is 0 Å². The average Bonchev–Trinajstić information content (AvgIpc) is 2.74. The Kier molecular flexibility index (Phi) is 4.26. The molecule has 1 atom stereocenters. The summed E-state index contributed by atoms with van der Waals surface area (Å²) in [4.78, 5) is 19.0. The third-order valence-corrected chi connectivity index (χ3v) is 5.63. The van der Waals surface area contributed by atoms with Crippen LogP contribution in [0.3, 0.4) is 0 Å². The summed E-state index contributed by atoms with van der Waals surface area (Å²) in [5, 5.41) is 6.04. The SMILES string of the molecule is CCSC1CCCCN(c2nn3c(=O)ccnc3s2)C1. The Bertz CT molecular complexity index is 639. The van der Waals surface area contributed by atoms with E-state index in [9.17, 15) is 4.79 Å². The highest BCUT2D eigenvalue weighted by Crippen LogP contribution is 2.28. The zero-order valence-electron chi connectivity index (χ0n) is 11.5. The Morgan fingerprint density at radius 2 is 2.40 bits per heavy atom. The molecule has 0 radical (unpaired) electrons. The van der Waals surface area contributed by atoms with Gasteiger partial charge in [0.05, 0.1) is 0 Å². The molecule has 5 nitrogen and oxygen atoms in total. The first-order chi connectivity index (χ1) is 9.78. The third-order valence-electron chi connectivity index (χ3n) is 3.46. The number of hydrogen-bond acceptors (Lipinski definition) is 6. The second-order valence-electron chi connectivity index (χ2n) is 4.88. The van der Waals surface area contributed by atoms with E-state index in [1.54, 1.807) is 6.20 Å². The smallest absolute Gasteiger partial charge is 0.275 e. The van der Waals surface area contributed by atoms with Crippen molar-refractivity contribution in [2.24, 2.45) is 0 Å². The molecule has 3 rings (SSSR count). The molecule has 0 spiro atoms. The lowest BCUT2D eigenvalue weighted by molar-refractivity contribution is 0.735. The van der Waals surface area contributed by atoms with E-state index in [-0.39, 0.29) is 5.56 Å². The van der Waals surface area contributed by atoms with Gasteiger partial charge in [-0.25, -0.2) is 4.98 Å². The van der Waals surface area contributed by atoms with Crippen LogP contribution >= 0.6 is 23.1 Å². The number of hydrogen-bond donors (Lipinski definition) is 0. The quantitative estimate of drug-likeness (QED) is 0.870. The molecule has 0 bridgehead atoms. The number of aromatic nitrogens is 3. The maximum Gasteiger partial charge on any atom is 0.275 e. The zero-order valence-corrected chi connectivity index (χ0v) is 13.1. The lowest BCUT2D eigenvalue weighted by Gasteiger charge is -2.22. The van der Waals surface area contributed by atoms with Crippen molar-refractivity contribution in [1.29, 1.82) is 0 Å². The molecule has 2 aromatic heterocycles. The summed E-state index contributed by atoms with van der Waals surface area (Å²) in [5.41, 5.74) is -0.105. The molecule has 1 fully saturated rings. The largest absolute Gasteiger partial charge is 0.346 e. The van der Waals surface area contributed by atoms with Crippen LogP contribution in [0, 0.1) is 0 Å². The predicted octanol–water partition coefficient (Wildman–Crippen LogP) is 2.26. The number of nitrogens with zero attached hydrogens (tertiary/aromatic N) is 4. The molecule has 0 aliphatic carbocycles. The highest BCUT2D eigenvalue weighted by atomic mass is 32.2. The van der Waals surface area contributed by atoms with Crippen molar-refractivity contribution in [2.45, 2.75) is 31.4 Å². The minimum atomic E-state index is -0.105. The van der Waals surface area contributed by atoms with E-state index in [1.165, 1.54) is 41.2 Å². The maximum atomic E-state index is 11.8. The van der Waals surface area contributed by atoms with Crippen LogP contribution in [-0.4, -0.2) is 38.7 Å². The minimum absolute atomic E-state index is 0.105. The molecule has 0 aromatic carbocycles. The molecular formula is C13H18N4OS2. The molecule has 0 saturated carbocycles. The van der Waals surface area contributed by atoms with Crippen LogP contribution in [0.5, 0.6) is 0 Å². The lowest BCUT2D eigenvalue weighted by atomic mass is 10.2. The Balaban J connectivity index is 1.88. The van der Waals surface area contributed by atoms with Gasteiger partial charge in [-0.1, -0.05) is 24.7 Å². The van der Waals surface area contributed by atoms with Crippen molar-refractivity contribution in [3.05, 3.63) is 22.6 Å². The Morgan fingerprint density at radius 3 is 3.20 bits per heavy atom. The summed E-state index contributed by atoms with van der Waals surface area (Å²) in [6.07, 6.45) is 5.30. The van der Waals surface area contributed by atoms with Crippen LogP contribution in [0.4, 0.5) is 5.13 Å². The summed E-state index contributed by atoms with van der Waals surface area (Å²) in [6, 6.07) is 1.45. The van der Waals surface area contributed by atoms with E-state index < -0.39 is 0 Å². The number of rotatable bonds is 3. The van der Waals surface area contributed by atoms with Gasteiger partial charge in [0.25, 0.3) is 5.56 Å². The fourth-order valence-corrected chi connectivity index (χ4v) is 4.51. The van der Waals surface area contributed by atoms with Gasteiger partial charge in [-0.05, 0) is 18.6 Å². The average molecular weight is 310 g/mol. The number of anilines is 1. The van der Waals surface area contributed by atoms with Gasteiger partial charge >= 0.3 is 0 Å². The van der Waals surface area contributed by atoms with Crippen LogP contribution in [0.25, 0.3) is 4.96 Å². The maximum absolute atomic E-state index is 11.8. The standard InChI is InChI=1S/C13H18N4OS2/c1-2-19-10-5-3-4-8-16(9-10)13-15-17-11(18)6-7-14-12(17)20-13/h6-7,10H,2-5,8-9H2,1H3.